The van der Waals surface area contributed by atoms with Crippen LogP contribution in [0.2, 0.25) is 0 Å². The number of ether oxygens (including phenoxy) is 1. The Morgan fingerprint density at radius 1 is 1.06 bits per heavy atom. The molecule has 184 valence electrons. The Morgan fingerprint density at radius 3 is 2.47 bits per heavy atom. The minimum absolute atomic E-state index is 0.0788. The number of aromatic nitrogens is 2. The Morgan fingerprint density at radius 2 is 1.78 bits per heavy atom. The first-order chi connectivity index (χ1) is 17.3. The molecule has 1 saturated heterocycles. The van der Waals surface area contributed by atoms with Crippen LogP contribution in [0.5, 0.6) is 0 Å². The second kappa shape index (κ2) is 9.83. The summed E-state index contributed by atoms with van der Waals surface area (Å²) in [6, 6.07) is 18.3. The number of carbonyl (C=O) groups is 1. The van der Waals surface area contributed by atoms with Gasteiger partial charge in [-0.1, -0.05) is 22.0 Å². The number of hydrogen-bond donors (Lipinski definition) is 1. The summed E-state index contributed by atoms with van der Waals surface area (Å²) >= 11 is 3.44. The smallest absolute Gasteiger partial charge is 0.253 e. The number of nitrogens with two attached hydrogens (primary N) is 1. The molecule has 2 N–H and O–H groups in total. The van der Waals surface area contributed by atoms with Crippen LogP contribution in [-0.2, 0) is 16.0 Å². The standard InChI is InChI=1S/C27H23BrF2N4O2/c1-16-26(35)33(13-12-17-2-11-24(31)23(30)14-17)27(36-16)22-15-34(21-9-5-19(28)6-10-21)32-25(22)18-3-7-20(29)8-4-18/h2-11,14-16,27H,12-13,31H2,1H3/t16-,27+/m1/s1. The van der Waals surface area contributed by atoms with Crippen LogP contribution in [0.3, 0.4) is 0 Å². The molecule has 1 aliphatic rings. The average Bonchev–Trinajstić information content (AvgIpc) is 3.42. The zero-order valence-electron chi connectivity index (χ0n) is 19.4. The molecule has 2 atom stereocenters. The Balaban J connectivity index is 1.53. The summed E-state index contributed by atoms with van der Waals surface area (Å²) in [4.78, 5) is 14.7. The third-order valence-corrected chi connectivity index (χ3v) is 6.70. The molecule has 1 aromatic heterocycles. The molecule has 0 aliphatic carbocycles. The van der Waals surface area contributed by atoms with Crippen LogP contribution in [0.4, 0.5) is 14.5 Å². The molecular weight excluding hydrogens is 530 g/mol. The van der Waals surface area contributed by atoms with Crippen molar-refractivity contribution in [3.8, 4) is 16.9 Å². The first kappa shape index (κ1) is 24.1. The number of anilines is 1. The van der Waals surface area contributed by atoms with E-state index in [4.69, 9.17) is 15.6 Å². The lowest BCUT2D eigenvalue weighted by atomic mass is 10.1. The van der Waals surface area contributed by atoms with Gasteiger partial charge in [-0.2, -0.15) is 5.10 Å². The highest BCUT2D eigenvalue weighted by atomic mass is 79.9. The third kappa shape index (κ3) is 4.76. The minimum atomic E-state index is -0.713. The fourth-order valence-corrected chi connectivity index (χ4v) is 4.51. The molecule has 5 rings (SSSR count). The number of hydrogen-bond acceptors (Lipinski definition) is 4. The summed E-state index contributed by atoms with van der Waals surface area (Å²) in [5.74, 6) is -1.01. The fraction of sp³-hybridized carbons (Fsp3) is 0.185. The van der Waals surface area contributed by atoms with E-state index in [1.54, 1.807) is 34.7 Å². The van der Waals surface area contributed by atoms with Gasteiger partial charge in [-0.3, -0.25) is 4.79 Å². The molecule has 0 unspecified atom stereocenters. The molecule has 0 radical (unpaired) electrons. The number of amides is 1. The maximum Gasteiger partial charge on any atom is 0.253 e. The van der Waals surface area contributed by atoms with Crippen molar-refractivity contribution in [1.82, 2.24) is 14.7 Å². The SMILES string of the molecule is C[C@H]1O[C@@H](c2cn(-c3ccc(Br)cc3)nc2-c2ccc(F)cc2)N(CCc2ccc(N)c(F)c2)C1=O. The normalized spacial score (nSPS) is 17.7. The van der Waals surface area contributed by atoms with Gasteiger partial charge in [0.05, 0.1) is 11.4 Å². The average molecular weight is 553 g/mol. The highest BCUT2D eigenvalue weighted by molar-refractivity contribution is 9.10. The lowest BCUT2D eigenvalue weighted by Gasteiger charge is -2.23. The maximum atomic E-state index is 13.9. The molecule has 2 heterocycles. The first-order valence-corrected chi connectivity index (χ1v) is 12.2. The van der Waals surface area contributed by atoms with E-state index in [0.29, 0.717) is 29.8 Å². The van der Waals surface area contributed by atoms with E-state index in [1.165, 1.54) is 24.3 Å². The molecule has 4 aromatic rings. The molecular formula is C27H23BrF2N4O2. The van der Waals surface area contributed by atoms with Crippen LogP contribution < -0.4 is 5.73 Å². The third-order valence-electron chi connectivity index (χ3n) is 6.17. The number of nitrogens with zero attached hydrogens (tertiary/aromatic N) is 3. The monoisotopic (exact) mass is 552 g/mol. The van der Waals surface area contributed by atoms with Crippen molar-refractivity contribution in [3.63, 3.8) is 0 Å². The largest absolute Gasteiger partial charge is 0.396 e. The maximum absolute atomic E-state index is 13.9. The van der Waals surface area contributed by atoms with Gasteiger partial charge in [-0.25, -0.2) is 13.5 Å². The molecule has 9 heteroatoms. The minimum Gasteiger partial charge on any atom is -0.396 e. The summed E-state index contributed by atoms with van der Waals surface area (Å²) in [7, 11) is 0. The molecule has 36 heavy (non-hydrogen) atoms. The number of benzene rings is 3. The van der Waals surface area contributed by atoms with Crippen LogP contribution in [0.25, 0.3) is 16.9 Å². The molecule has 1 fully saturated rings. The first-order valence-electron chi connectivity index (χ1n) is 11.4. The van der Waals surface area contributed by atoms with Crippen LogP contribution >= 0.6 is 15.9 Å². The second-order valence-electron chi connectivity index (χ2n) is 8.63. The fourth-order valence-electron chi connectivity index (χ4n) is 4.24. The van der Waals surface area contributed by atoms with Gasteiger partial charge in [0.25, 0.3) is 5.91 Å². The summed E-state index contributed by atoms with van der Waals surface area (Å²) < 4.78 is 36.3. The zero-order chi connectivity index (χ0) is 25.4. The number of carbonyl (C=O) groups excluding carboxylic acids is 1. The molecule has 3 aromatic carbocycles. The van der Waals surface area contributed by atoms with E-state index < -0.39 is 18.1 Å². The van der Waals surface area contributed by atoms with Crippen molar-refractivity contribution in [2.75, 3.05) is 12.3 Å². The number of rotatable bonds is 6. The molecule has 6 nitrogen and oxygen atoms in total. The predicted octanol–water partition coefficient (Wildman–Crippen LogP) is 5.65. The van der Waals surface area contributed by atoms with Gasteiger partial charge in [0, 0.05) is 28.3 Å². The quantitative estimate of drug-likeness (QED) is 0.313. The zero-order valence-corrected chi connectivity index (χ0v) is 21.0. The van der Waals surface area contributed by atoms with Crippen LogP contribution in [0, 0.1) is 11.6 Å². The lowest BCUT2D eigenvalue weighted by Crippen LogP contribution is -2.32. The van der Waals surface area contributed by atoms with Gasteiger partial charge in [-0.05, 0) is 79.6 Å². The van der Waals surface area contributed by atoms with Gasteiger partial charge in [0.2, 0.25) is 0 Å². The van der Waals surface area contributed by atoms with Crippen molar-refractivity contribution >= 4 is 27.5 Å². The second-order valence-corrected chi connectivity index (χ2v) is 9.54. The van der Waals surface area contributed by atoms with Gasteiger partial charge < -0.3 is 15.4 Å². The molecule has 1 aliphatic heterocycles. The van der Waals surface area contributed by atoms with Crippen molar-refractivity contribution in [1.29, 1.82) is 0 Å². The summed E-state index contributed by atoms with van der Waals surface area (Å²) in [6.07, 6.45) is 0.876. The van der Waals surface area contributed by atoms with Crippen molar-refractivity contribution in [2.45, 2.75) is 25.7 Å². The van der Waals surface area contributed by atoms with Crippen molar-refractivity contribution in [2.24, 2.45) is 0 Å². The Labute approximate surface area is 215 Å². The highest BCUT2D eigenvalue weighted by Gasteiger charge is 2.40. The highest BCUT2D eigenvalue weighted by Crippen LogP contribution is 2.37. The van der Waals surface area contributed by atoms with Gasteiger partial charge in [0.15, 0.2) is 6.23 Å². The Kier molecular flexibility index (Phi) is 6.59. The molecule has 1 amide bonds. The van der Waals surface area contributed by atoms with E-state index in [2.05, 4.69) is 15.9 Å². The van der Waals surface area contributed by atoms with Crippen molar-refractivity contribution < 1.29 is 18.3 Å². The number of halogens is 3. The molecule has 0 spiro atoms. The van der Waals surface area contributed by atoms with E-state index in [0.717, 1.165) is 15.7 Å². The van der Waals surface area contributed by atoms with E-state index in [1.807, 2.05) is 30.5 Å². The van der Waals surface area contributed by atoms with Gasteiger partial charge in [-0.15, -0.1) is 0 Å². The Hall–Kier alpha value is -3.56. The summed E-state index contributed by atoms with van der Waals surface area (Å²) in [6.45, 7) is 2.01. The van der Waals surface area contributed by atoms with Crippen LogP contribution in [0.15, 0.2) is 77.4 Å². The van der Waals surface area contributed by atoms with E-state index >= 15 is 0 Å². The topological polar surface area (TPSA) is 73.4 Å². The van der Waals surface area contributed by atoms with Gasteiger partial charge in [0.1, 0.15) is 23.4 Å². The Bertz CT molecular complexity index is 1410. The van der Waals surface area contributed by atoms with Crippen molar-refractivity contribution in [3.05, 3.63) is 100 Å². The van der Waals surface area contributed by atoms with Gasteiger partial charge >= 0.3 is 0 Å². The molecule has 0 bridgehead atoms. The van der Waals surface area contributed by atoms with E-state index in [9.17, 15) is 13.6 Å². The predicted molar refractivity (Wildman–Crippen MR) is 136 cm³/mol. The summed E-state index contributed by atoms with van der Waals surface area (Å²) in [5.41, 5.74) is 9.14. The van der Waals surface area contributed by atoms with E-state index in [-0.39, 0.29) is 17.4 Å². The summed E-state index contributed by atoms with van der Waals surface area (Å²) in [5, 5.41) is 4.78. The van der Waals surface area contributed by atoms with Crippen LogP contribution in [0.1, 0.15) is 24.3 Å². The van der Waals surface area contributed by atoms with Crippen LogP contribution in [-0.4, -0.2) is 33.2 Å². The molecule has 0 saturated carbocycles. The number of nitrogen functional groups attached to an aromatic ring is 1. The lowest BCUT2D eigenvalue weighted by molar-refractivity contribution is -0.130.